The van der Waals surface area contributed by atoms with E-state index in [1.54, 1.807) is 0 Å². The molecule has 0 aromatic carbocycles. The lowest BCUT2D eigenvalue weighted by Crippen LogP contribution is -2.07. The minimum Gasteiger partial charge on any atom is -0.258 e. The predicted octanol–water partition coefficient (Wildman–Crippen LogP) is 4.25. The van der Waals surface area contributed by atoms with Crippen LogP contribution in [0.3, 0.4) is 0 Å². The first kappa shape index (κ1) is 12.2. The molecule has 0 aliphatic carbocycles. The summed E-state index contributed by atoms with van der Waals surface area (Å²) in [6, 6.07) is 0. The molecule has 1 rings (SSSR count). The summed E-state index contributed by atoms with van der Waals surface area (Å²) in [5, 5.41) is 0. The average Bonchev–Trinajstić information content (AvgIpc) is 1.99. The highest BCUT2D eigenvalue weighted by atomic mass is 14.7. The Labute approximate surface area is 93.9 Å². The molecule has 0 fully saturated rings. The van der Waals surface area contributed by atoms with Gasteiger partial charge in [-0.25, -0.2) is 0 Å². The Morgan fingerprint density at radius 2 is 1.07 bits per heavy atom. The van der Waals surface area contributed by atoms with E-state index in [2.05, 4.69) is 53.5 Å². The molecule has 0 amide bonds. The fourth-order valence-corrected chi connectivity index (χ4v) is 2.76. The van der Waals surface area contributed by atoms with Gasteiger partial charge in [0.15, 0.2) is 0 Å². The zero-order valence-electron chi connectivity index (χ0n) is 11.1. The van der Waals surface area contributed by atoms with E-state index in [1.807, 2.05) is 0 Å². The van der Waals surface area contributed by atoms with Gasteiger partial charge in [0, 0.05) is 11.4 Å². The highest BCUT2D eigenvalue weighted by Crippen LogP contribution is 2.30. The fourth-order valence-electron chi connectivity index (χ4n) is 2.76. The smallest absolute Gasteiger partial charge is 0.0413 e. The molecule has 84 valence electrons. The standard InChI is InChI=1S/C14H23N/c1-8(2)13-10(5)14(9(3)4)12(7)15-11(13)6/h8-9H,1-7H3. The van der Waals surface area contributed by atoms with E-state index in [0.717, 1.165) is 0 Å². The molecule has 0 unspecified atom stereocenters. The average molecular weight is 205 g/mol. The Kier molecular flexibility index (Phi) is 3.54. The Morgan fingerprint density at radius 1 is 0.733 bits per heavy atom. The Hall–Kier alpha value is -0.850. The highest BCUT2D eigenvalue weighted by molar-refractivity contribution is 5.42. The van der Waals surface area contributed by atoms with Gasteiger partial charge in [0.25, 0.3) is 0 Å². The van der Waals surface area contributed by atoms with Crippen molar-refractivity contribution in [1.29, 1.82) is 0 Å². The molecule has 1 nitrogen and oxygen atoms in total. The second-order valence-electron chi connectivity index (χ2n) is 5.04. The first-order valence-electron chi connectivity index (χ1n) is 5.83. The molecule has 0 N–H and O–H groups in total. The van der Waals surface area contributed by atoms with Gasteiger partial charge in [-0.3, -0.25) is 4.98 Å². The van der Waals surface area contributed by atoms with Gasteiger partial charge in [-0.1, -0.05) is 27.7 Å². The van der Waals surface area contributed by atoms with Crippen LogP contribution in [0.25, 0.3) is 0 Å². The summed E-state index contributed by atoms with van der Waals surface area (Å²) in [4.78, 5) is 4.68. The van der Waals surface area contributed by atoms with E-state index in [4.69, 9.17) is 0 Å². The SMILES string of the molecule is Cc1nc(C)c(C(C)C)c(C)c1C(C)C. The van der Waals surface area contributed by atoms with E-state index in [0.29, 0.717) is 11.8 Å². The molecule has 0 aliphatic rings. The second-order valence-corrected chi connectivity index (χ2v) is 5.04. The van der Waals surface area contributed by atoms with Gasteiger partial charge in [0.2, 0.25) is 0 Å². The monoisotopic (exact) mass is 205 g/mol. The van der Waals surface area contributed by atoms with Crippen LogP contribution in [0.1, 0.15) is 67.6 Å². The van der Waals surface area contributed by atoms with Gasteiger partial charge in [0.05, 0.1) is 0 Å². The summed E-state index contributed by atoms with van der Waals surface area (Å²) in [5.41, 5.74) is 6.72. The van der Waals surface area contributed by atoms with Crippen LogP contribution in [0.5, 0.6) is 0 Å². The van der Waals surface area contributed by atoms with Crippen molar-refractivity contribution < 1.29 is 0 Å². The van der Waals surface area contributed by atoms with Crippen LogP contribution in [0.15, 0.2) is 0 Å². The summed E-state index contributed by atoms with van der Waals surface area (Å²) in [6.45, 7) is 15.5. The molecule has 1 aromatic heterocycles. The zero-order valence-corrected chi connectivity index (χ0v) is 11.1. The number of pyridine rings is 1. The molecule has 15 heavy (non-hydrogen) atoms. The van der Waals surface area contributed by atoms with Crippen LogP contribution in [-0.2, 0) is 0 Å². The van der Waals surface area contributed by atoms with Crippen molar-refractivity contribution in [2.45, 2.75) is 60.3 Å². The van der Waals surface area contributed by atoms with Crippen molar-refractivity contribution in [3.05, 3.63) is 28.1 Å². The number of hydrogen-bond donors (Lipinski definition) is 0. The lowest BCUT2D eigenvalue weighted by Gasteiger charge is -2.20. The Morgan fingerprint density at radius 3 is 1.33 bits per heavy atom. The molecule has 0 spiro atoms. The maximum Gasteiger partial charge on any atom is 0.0413 e. The summed E-state index contributed by atoms with van der Waals surface area (Å²) in [7, 11) is 0. The minimum absolute atomic E-state index is 0.565. The summed E-state index contributed by atoms with van der Waals surface area (Å²) in [5.74, 6) is 1.13. The predicted molar refractivity (Wildman–Crippen MR) is 66.6 cm³/mol. The lowest BCUT2D eigenvalue weighted by molar-refractivity contribution is 0.780. The summed E-state index contributed by atoms with van der Waals surface area (Å²) >= 11 is 0. The Balaban J connectivity index is 3.49. The number of hydrogen-bond acceptors (Lipinski definition) is 1. The molecule has 1 heteroatoms. The van der Waals surface area contributed by atoms with Gasteiger partial charge < -0.3 is 0 Å². The number of nitrogens with zero attached hydrogens (tertiary/aromatic N) is 1. The van der Waals surface area contributed by atoms with Crippen molar-refractivity contribution in [3.8, 4) is 0 Å². The van der Waals surface area contributed by atoms with E-state index in [1.165, 1.54) is 28.1 Å². The molecule has 0 radical (unpaired) electrons. The van der Waals surface area contributed by atoms with Gasteiger partial charge in [-0.05, 0) is 49.3 Å². The molecular formula is C14H23N. The highest BCUT2D eigenvalue weighted by Gasteiger charge is 2.16. The summed E-state index contributed by atoms with van der Waals surface area (Å²) < 4.78 is 0. The molecule has 1 heterocycles. The topological polar surface area (TPSA) is 12.9 Å². The third-order valence-corrected chi connectivity index (χ3v) is 3.08. The maximum atomic E-state index is 4.68. The van der Waals surface area contributed by atoms with Crippen molar-refractivity contribution in [2.75, 3.05) is 0 Å². The third-order valence-electron chi connectivity index (χ3n) is 3.08. The van der Waals surface area contributed by atoms with Gasteiger partial charge >= 0.3 is 0 Å². The van der Waals surface area contributed by atoms with Crippen molar-refractivity contribution in [1.82, 2.24) is 4.98 Å². The lowest BCUT2D eigenvalue weighted by atomic mass is 9.88. The van der Waals surface area contributed by atoms with Gasteiger partial charge in [0.1, 0.15) is 0 Å². The minimum atomic E-state index is 0.565. The van der Waals surface area contributed by atoms with E-state index in [-0.39, 0.29) is 0 Å². The molecule has 0 saturated heterocycles. The van der Waals surface area contributed by atoms with Crippen LogP contribution in [0.2, 0.25) is 0 Å². The zero-order chi connectivity index (χ0) is 11.7. The van der Waals surface area contributed by atoms with E-state index in [9.17, 15) is 0 Å². The molecule has 0 bridgehead atoms. The molecule has 0 atom stereocenters. The van der Waals surface area contributed by atoms with E-state index < -0.39 is 0 Å². The van der Waals surface area contributed by atoms with Crippen LogP contribution in [-0.4, -0.2) is 4.98 Å². The van der Waals surface area contributed by atoms with Crippen molar-refractivity contribution in [3.63, 3.8) is 0 Å². The third kappa shape index (κ3) is 2.22. The normalized spacial score (nSPS) is 11.5. The number of aromatic nitrogens is 1. The first-order chi connectivity index (χ1) is 6.86. The Bertz CT molecular complexity index is 330. The van der Waals surface area contributed by atoms with Crippen LogP contribution in [0, 0.1) is 20.8 Å². The summed E-state index contributed by atoms with van der Waals surface area (Å²) in [6.07, 6.45) is 0. The van der Waals surface area contributed by atoms with Gasteiger partial charge in [-0.2, -0.15) is 0 Å². The van der Waals surface area contributed by atoms with Crippen LogP contribution in [0.4, 0.5) is 0 Å². The molecule has 1 aromatic rings. The van der Waals surface area contributed by atoms with Gasteiger partial charge in [-0.15, -0.1) is 0 Å². The van der Waals surface area contributed by atoms with E-state index >= 15 is 0 Å². The molecular weight excluding hydrogens is 182 g/mol. The quantitative estimate of drug-likeness (QED) is 0.703. The molecule has 0 aliphatic heterocycles. The van der Waals surface area contributed by atoms with Crippen LogP contribution >= 0.6 is 0 Å². The number of aryl methyl sites for hydroxylation is 2. The van der Waals surface area contributed by atoms with Crippen molar-refractivity contribution >= 4 is 0 Å². The first-order valence-corrected chi connectivity index (χ1v) is 5.83. The van der Waals surface area contributed by atoms with Crippen molar-refractivity contribution in [2.24, 2.45) is 0 Å². The largest absolute Gasteiger partial charge is 0.258 e. The maximum absolute atomic E-state index is 4.68. The second kappa shape index (κ2) is 4.34. The molecule has 0 saturated carbocycles. The number of rotatable bonds is 2. The fraction of sp³-hybridized carbons (Fsp3) is 0.643. The van der Waals surface area contributed by atoms with Crippen LogP contribution < -0.4 is 0 Å².